The molecule has 2 aliphatic heterocycles. The van der Waals surface area contributed by atoms with Gasteiger partial charge in [0, 0.05) is 50.2 Å². The van der Waals surface area contributed by atoms with Crippen LogP contribution in [0.25, 0.3) is 22.1 Å². The Morgan fingerprint density at radius 2 is 1.19 bits per heavy atom. The van der Waals surface area contributed by atoms with Crippen LogP contribution in [-0.2, 0) is 25.9 Å². The first kappa shape index (κ1) is 31.8. The van der Waals surface area contributed by atoms with Crippen molar-refractivity contribution in [1.29, 1.82) is 0 Å². The molecule has 42 heavy (non-hydrogen) atoms. The number of aliphatic hydroxyl groups excluding tert-OH is 1. The fourth-order valence-corrected chi connectivity index (χ4v) is 9.87. The normalized spacial score (nSPS) is 16.5. The maximum atomic E-state index is 8.90. The van der Waals surface area contributed by atoms with Gasteiger partial charge in [0.2, 0.25) is 11.9 Å². The molecule has 0 bridgehead atoms. The first-order chi connectivity index (χ1) is 20.3. The molecule has 7 rings (SSSR count). The van der Waals surface area contributed by atoms with Gasteiger partial charge in [-0.1, -0.05) is 19.3 Å². The molecule has 1 fully saturated rings. The first-order valence-electron chi connectivity index (χ1n) is 14.5. The van der Waals surface area contributed by atoms with Crippen LogP contribution < -0.4 is 10.6 Å². The van der Waals surface area contributed by atoms with Gasteiger partial charge >= 0.3 is 0 Å². The molecule has 0 amide bonds. The van der Waals surface area contributed by atoms with Crippen molar-refractivity contribution in [3.05, 3.63) is 38.0 Å². The average Bonchev–Trinajstić information content (AvgIpc) is 3.57. The van der Waals surface area contributed by atoms with E-state index in [1.165, 1.54) is 60.7 Å². The van der Waals surface area contributed by atoms with Crippen molar-refractivity contribution in [2.75, 3.05) is 23.8 Å². The number of imidazole rings is 2. The number of hydrogen-bond acceptors (Lipinski definition) is 5. The SMILES string of the molecule is Brc1c(Br)c2c3c(nc(NC4CCCCC4)n3CCC2)c1Br.OCCCNc1nc2c(Br)c(Br)c(Br)c3c2n1CCC3. The molecule has 0 saturated heterocycles. The third-order valence-corrected chi connectivity index (χ3v) is 15.4. The minimum atomic E-state index is 0.194. The summed E-state index contributed by atoms with van der Waals surface area (Å²) in [7, 11) is 0. The van der Waals surface area contributed by atoms with Crippen molar-refractivity contribution in [3.8, 4) is 0 Å². The van der Waals surface area contributed by atoms with Crippen molar-refractivity contribution in [2.24, 2.45) is 0 Å². The summed E-state index contributed by atoms with van der Waals surface area (Å²) in [5.74, 6) is 1.94. The van der Waals surface area contributed by atoms with Crippen LogP contribution in [0.5, 0.6) is 0 Å². The van der Waals surface area contributed by atoms with Gasteiger partial charge in [0.05, 0.1) is 20.0 Å². The monoisotopic (exact) mass is 954 g/mol. The Morgan fingerprint density at radius 3 is 1.74 bits per heavy atom. The maximum absolute atomic E-state index is 8.90. The minimum absolute atomic E-state index is 0.194. The van der Waals surface area contributed by atoms with E-state index in [0.717, 1.165) is 95.1 Å². The van der Waals surface area contributed by atoms with E-state index in [0.29, 0.717) is 6.04 Å². The smallest absolute Gasteiger partial charge is 0.204 e. The fourth-order valence-electron chi connectivity index (χ4n) is 6.37. The second kappa shape index (κ2) is 13.7. The van der Waals surface area contributed by atoms with Gasteiger partial charge in [-0.05, 0) is 152 Å². The van der Waals surface area contributed by atoms with Gasteiger partial charge < -0.3 is 24.9 Å². The molecule has 13 heteroatoms. The Kier molecular flexibility index (Phi) is 10.3. The highest BCUT2D eigenvalue weighted by Crippen LogP contribution is 2.45. The van der Waals surface area contributed by atoms with E-state index in [9.17, 15) is 0 Å². The van der Waals surface area contributed by atoms with E-state index >= 15 is 0 Å². The number of hydrogen-bond donors (Lipinski definition) is 3. The number of benzene rings is 2. The summed E-state index contributed by atoms with van der Waals surface area (Å²) in [5, 5.41) is 15.9. The number of halogens is 6. The van der Waals surface area contributed by atoms with Crippen molar-refractivity contribution in [3.63, 3.8) is 0 Å². The number of nitrogens with zero attached hydrogens (tertiary/aromatic N) is 4. The van der Waals surface area contributed by atoms with Gasteiger partial charge in [-0.2, -0.15) is 0 Å². The third kappa shape index (κ3) is 5.90. The minimum Gasteiger partial charge on any atom is -0.396 e. The second-order valence-electron chi connectivity index (χ2n) is 11.1. The molecule has 2 aromatic carbocycles. The highest BCUT2D eigenvalue weighted by atomic mass is 79.9. The number of aryl methyl sites for hydroxylation is 4. The van der Waals surface area contributed by atoms with Gasteiger partial charge in [-0.15, -0.1) is 0 Å². The van der Waals surface area contributed by atoms with E-state index in [-0.39, 0.29) is 6.61 Å². The lowest BCUT2D eigenvalue weighted by atomic mass is 9.96. The summed E-state index contributed by atoms with van der Waals surface area (Å²) >= 11 is 22.1. The predicted molar refractivity (Wildman–Crippen MR) is 193 cm³/mol. The topological polar surface area (TPSA) is 79.9 Å². The van der Waals surface area contributed by atoms with Gasteiger partial charge in [0.15, 0.2) is 0 Å². The molecule has 226 valence electrons. The number of rotatable bonds is 6. The number of aliphatic hydroxyl groups is 1. The molecule has 3 N–H and O–H groups in total. The lowest BCUT2D eigenvalue weighted by Gasteiger charge is -2.25. The molecule has 4 heterocycles. The molecule has 7 nitrogen and oxygen atoms in total. The van der Waals surface area contributed by atoms with E-state index < -0.39 is 0 Å². The van der Waals surface area contributed by atoms with Crippen LogP contribution in [0.15, 0.2) is 26.8 Å². The van der Waals surface area contributed by atoms with Crippen LogP contribution in [0.3, 0.4) is 0 Å². The Labute approximate surface area is 296 Å². The van der Waals surface area contributed by atoms with Crippen LogP contribution in [0, 0.1) is 0 Å². The lowest BCUT2D eigenvalue weighted by molar-refractivity contribution is 0.292. The van der Waals surface area contributed by atoms with Crippen LogP contribution in [0.2, 0.25) is 0 Å². The highest BCUT2D eigenvalue weighted by molar-refractivity contribution is 9.15. The summed E-state index contributed by atoms with van der Waals surface area (Å²) in [6.07, 6.45) is 11.8. The number of anilines is 2. The standard InChI is InChI=1S/C16H18Br3N3.C13H14Br3N3O/c17-11-10-7-4-8-22-15(10)14(13(19)12(11)18)21-16(22)20-9-5-2-1-3-6-9;14-8-7-3-1-5-19-12(7)11(10(16)9(8)15)18-13(19)17-4-2-6-20/h9H,1-8H2,(H,20,21);20H,1-6H2,(H,17,18). The van der Waals surface area contributed by atoms with E-state index in [2.05, 4.69) is 115 Å². The largest absolute Gasteiger partial charge is 0.396 e. The second-order valence-corrected chi connectivity index (χ2v) is 15.9. The summed E-state index contributed by atoms with van der Waals surface area (Å²) in [4.78, 5) is 9.66. The lowest BCUT2D eigenvalue weighted by Crippen LogP contribution is -2.24. The number of aromatic nitrogens is 4. The molecule has 4 aromatic rings. The van der Waals surface area contributed by atoms with E-state index in [1.54, 1.807) is 0 Å². The van der Waals surface area contributed by atoms with Gasteiger partial charge in [-0.25, -0.2) is 9.97 Å². The Bertz CT molecular complexity index is 1640. The van der Waals surface area contributed by atoms with Crippen molar-refractivity contribution < 1.29 is 5.11 Å². The first-order valence-corrected chi connectivity index (χ1v) is 19.3. The quantitative estimate of drug-likeness (QED) is 0.133. The van der Waals surface area contributed by atoms with Crippen LogP contribution in [0.4, 0.5) is 11.9 Å². The van der Waals surface area contributed by atoms with Crippen molar-refractivity contribution >= 4 is 130 Å². The molecule has 1 saturated carbocycles. The van der Waals surface area contributed by atoms with Gasteiger partial charge in [0.25, 0.3) is 0 Å². The van der Waals surface area contributed by atoms with Crippen molar-refractivity contribution in [2.45, 2.75) is 83.3 Å². The number of nitrogens with one attached hydrogen (secondary N) is 2. The van der Waals surface area contributed by atoms with Gasteiger partial charge in [-0.3, -0.25) is 0 Å². The summed E-state index contributed by atoms with van der Waals surface area (Å²) in [6, 6.07) is 0.581. The zero-order valence-electron chi connectivity index (χ0n) is 23.0. The molecule has 2 aromatic heterocycles. The van der Waals surface area contributed by atoms with Crippen LogP contribution in [0.1, 0.15) is 62.5 Å². The summed E-state index contributed by atoms with van der Waals surface area (Å²) in [5.41, 5.74) is 7.23. The molecule has 1 aliphatic carbocycles. The van der Waals surface area contributed by atoms with E-state index in [1.807, 2.05) is 0 Å². The maximum Gasteiger partial charge on any atom is 0.204 e. The molecule has 0 radical (unpaired) electrons. The molecular weight excluding hydrogens is 928 g/mol. The molecule has 0 spiro atoms. The molecular formula is C29H32Br6N6O. The Balaban J connectivity index is 0.000000151. The zero-order valence-corrected chi connectivity index (χ0v) is 32.5. The average molecular weight is 960 g/mol. The zero-order chi connectivity index (χ0) is 29.5. The molecule has 3 aliphatic rings. The Morgan fingerprint density at radius 1 is 0.667 bits per heavy atom. The van der Waals surface area contributed by atoms with Crippen LogP contribution >= 0.6 is 95.6 Å². The van der Waals surface area contributed by atoms with Crippen molar-refractivity contribution in [1.82, 2.24) is 19.1 Å². The van der Waals surface area contributed by atoms with E-state index in [4.69, 9.17) is 15.1 Å². The summed E-state index contributed by atoms with van der Waals surface area (Å²) < 4.78 is 11.0. The molecule has 0 unspecified atom stereocenters. The fraction of sp³-hybridized carbons (Fsp3) is 0.517. The summed E-state index contributed by atoms with van der Waals surface area (Å²) in [6.45, 7) is 2.96. The molecule has 0 atom stereocenters. The third-order valence-electron chi connectivity index (χ3n) is 8.40. The predicted octanol–water partition coefficient (Wildman–Crippen LogP) is 10.1. The van der Waals surface area contributed by atoms with Crippen LogP contribution in [-0.4, -0.2) is 43.4 Å². The highest BCUT2D eigenvalue weighted by Gasteiger charge is 2.27. The van der Waals surface area contributed by atoms with Gasteiger partial charge in [0.1, 0.15) is 11.0 Å². The Hall–Kier alpha value is -0.180.